The lowest BCUT2D eigenvalue weighted by Crippen LogP contribution is -2.11. The Hall–Kier alpha value is -2.38. The number of pyridine rings is 1. The van der Waals surface area contributed by atoms with Crippen molar-refractivity contribution in [2.45, 2.75) is 13.5 Å². The van der Waals surface area contributed by atoms with Crippen LogP contribution >= 0.6 is 31.9 Å². The standard InChI is InChI=1S/C22H19Br2N3O2/c1-2-28-21-13-19(16-4-3-9-25-14-16)26-27(21)10-11-29-20-8-5-15-12-17(23)6-7-18(15)22(20)24/h3-9,12-14H,2,10-11H2,1H3. The van der Waals surface area contributed by atoms with Gasteiger partial charge in [-0.1, -0.05) is 28.1 Å². The number of ether oxygens (including phenoxy) is 2. The number of rotatable bonds is 7. The van der Waals surface area contributed by atoms with E-state index in [0.717, 1.165) is 42.6 Å². The predicted octanol–water partition coefficient (Wildman–Crippen LogP) is 6.10. The monoisotopic (exact) mass is 515 g/mol. The molecule has 5 nitrogen and oxygen atoms in total. The molecule has 0 aliphatic rings. The molecule has 7 heteroatoms. The lowest BCUT2D eigenvalue weighted by molar-refractivity contribution is 0.259. The van der Waals surface area contributed by atoms with Gasteiger partial charge in [-0.25, -0.2) is 4.68 Å². The highest BCUT2D eigenvalue weighted by Gasteiger charge is 2.12. The Morgan fingerprint density at radius 2 is 1.93 bits per heavy atom. The molecule has 2 aromatic heterocycles. The minimum Gasteiger partial charge on any atom is -0.490 e. The van der Waals surface area contributed by atoms with Gasteiger partial charge in [-0.15, -0.1) is 0 Å². The fourth-order valence-electron chi connectivity index (χ4n) is 3.08. The molecule has 0 radical (unpaired) electrons. The lowest BCUT2D eigenvalue weighted by atomic mass is 10.1. The Morgan fingerprint density at radius 1 is 1.03 bits per heavy atom. The Bertz CT molecular complexity index is 1130. The molecule has 0 unspecified atom stereocenters. The van der Waals surface area contributed by atoms with Crippen molar-refractivity contribution in [2.75, 3.05) is 13.2 Å². The van der Waals surface area contributed by atoms with Crippen LogP contribution in [-0.2, 0) is 6.54 Å². The Labute approximate surface area is 185 Å². The zero-order valence-corrected chi connectivity index (χ0v) is 19.0. The van der Waals surface area contributed by atoms with E-state index in [1.807, 2.05) is 41.9 Å². The van der Waals surface area contributed by atoms with Crippen molar-refractivity contribution in [1.29, 1.82) is 0 Å². The molecule has 0 N–H and O–H groups in total. The van der Waals surface area contributed by atoms with Gasteiger partial charge < -0.3 is 9.47 Å². The summed E-state index contributed by atoms with van der Waals surface area (Å²) >= 11 is 7.18. The topological polar surface area (TPSA) is 49.2 Å². The van der Waals surface area contributed by atoms with Gasteiger partial charge in [-0.05, 0) is 64.0 Å². The molecule has 2 heterocycles. The summed E-state index contributed by atoms with van der Waals surface area (Å²) in [5.41, 5.74) is 1.79. The van der Waals surface area contributed by atoms with Crippen molar-refractivity contribution < 1.29 is 9.47 Å². The smallest absolute Gasteiger partial charge is 0.212 e. The second-order valence-electron chi connectivity index (χ2n) is 6.36. The van der Waals surface area contributed by atoms with E-state index in [1.165, 1.54) is 0 Å². The first-order valence-electron chi connectivity index (χ1n) is 9.27. The molecule has 4 rings (SSSR count). The van der Waals surface area contributed by atoms with Crippen molar-refractivity contribution in [1.82, 2.24) is 14.8 Å². The van der Waals surface area contributed by atoms with Gasteiger partial charge in [0.15, 0.2) is 0 Å². The molecule has 0 aliphatic heterocycles. The first-order chi connectivity index (χ1) is 14.2. The van der Waals surface area contributed by atoms with Gasteiger partial charge in [-0.2, -0.15) is 5.10 Å². The number of fused-ring (bicyclic) bond motifs is 1. The van der Waals surface area contributed by atoms with Gasteiger partial charge in [0.1, 0.15) is 12.4 Å². The van der Waals surface area contributed by atoms with E-state index in [2.05, 4.69) is 60.1 Å². The van der Waals surface area contributed by atoms with Gasteiger partial charge in [-0.3, -0.25) is 4.98 Å². The predicted molar refractivity (Wildman–Crippen MR) is 121 cm³/mol. The number of hydrogen-bond acceptors (Lipinski definition) is 4. The number of halogens is 2. The summed E-state index contributed by atoms with van der Waals surface area (Å²) in [6, 6.07) is 16.0. The van der Waals surface area contributed by atoms with Crippen molar-refractivity contribution >= 4 is 42.6 Å². The van der Waals surface area contributed by atoms with Gasteiger partial charge in [0.25, 0.3) is 0 Å². The molecule has 0 amide bonds. The van der Waals surface area contributed by atoms with Crippen LogP contribution in [0.4, 0.5) is 0 Å². The summed E-state index contributed by atoms with van der Waals surface area (Å²) in [5, 5.41) is 6.92. The number of aromatic nitrogens is 3. The van der Waals surface area contributed by atoms with Crippen molar-refractivity contribution in [2.24, 2.45) is 0 Å². The molecule has 0 bridgehead atoms. The highest BCUT2D eigenvalue weighted by atomic mass is 79.9. The summed E-state index contributed by atoms with van der Waals surface area (Å²) in [4.78, 5) is 4.16. The van der Waals surface area contributed by atoms with Gasteiger partial charge >= 0.3 is 0 Å². The summed E-state index contributed by atoms with van der Waals surface area (Å²) in [7, 11) is 0. The first kappa shape index (κ1) is 19.9. The summed E-state index contributed by atoms with van der Waals surface area (Å²) in [6.07, 6.45) is 3.54. The third-order valence-corrected chi connectivity index (χ3v) is 5.75. The maximum atomic E-state index is 6.04. The molecule has 0 saturated carbocycles. The van der Waals surface area contributed by atoms with E-state index in [0.29, 0.717) is 19.8 Å². The van der Waals surface area contributed by atoms with E-state index in [-0.39, 0.29) is 0 Å². The first-order valence-corrected chi connectivity index (χ1v) is 10.9. The molecule has 4 aromatic rings. The largest absolute Gasteiger partial charge is 0.490 e. The van der Waals surface area contributed by atoms with Crippen molar-refractivity contribution in [3.63, 3.8) is 0 Å². The highest BCUT2D eigenvalue weighted by Crippen LogP contribution is 2.34. The van der Waals surface area contributed by atoms with Gasteiger partial charge in [0.2, 0.25) is 5.88 Å². The van der Waals surface area contributed by atoms with Crippen LogP contribution in [-0.4, -0.2) is 28.0 Å². The van der Waals surface area contributed by atoms with Crippen molar-refractivity contribution in [3.8, 4) is 22.9 Å². The van der Waals surface area contributed by atoms with E-state index in [4.69, 9.17) is 9.47 Å². The second-order valence-corrected chi connectivity index (χ2v) is 8.07. The van der Waals surface area contributed by atoms with Crippen LogP contribution in [0.15, 0.2) is 69.9 Å². The molecule has 29 heavy (non-hydrogen) atoms. The molecule has 0 spiro atoms. The van der Waals surface area contributed by atoms with Crippen LogP contribution < -0.4 is 9.47 Å². The third-order valence-electron chi connectivity index (χ3n) is 4.43. The minimum atomic E-state index is 0.467. The normalized spacial score (nSPS) is 11.0. The van der Waals surface area contributed by atoms with Crippen molar-refractivity contribution in [3.05, 3.63) is 69.9 Å². The van der Waals surface area contributed by atoms with Crippen LogP contribution in [0.1, 0.15) is 6.92 Å². The van der Waals surface area contributed by atoms with Crippen LogP contribution in [0.25, 0.3) is 22.0 Å². The summed E-state index contributed by atoms with van der Waals surface area (Å²) < 4.78 is 15.6. The zero-order valence-electron chi connectivity index (χ0n) is 15.8. The molecular weight excluding hydrogens is 498 g/mol. The van der Waals surface area contributed by atoms with E-state index in [1.54, 1.807) is 12.4 Å². The average Bonchev–Trinajstić information content (AvgIpc) is 3.13. The Balaban J connectivity index is 1.50. The van der Waals surface area contributed by atoms with E-state index >= 15 is 0 Å². The van der Waals surface area contributed by atoms with Crippen LogP contribution in [0.2, 0.25) is 0 Å². The summed E-state index contributed by atoms with van der Waals surface area (Å²) in [6.45, 7) is 3.57. The zero-order chi connectivity index (χ0) is 20.2. The maximum absolute atomic E-state index is 6.04. The number of hydrogen-bond donors (Lipinski definition) is 0. The molecule has 0 aliphatic carbocycles. The molecule has 0 saturated heterocycles. The second kappa shape index (κ2) is 8.97. The Morgan fingerprint density at radius 3 is 2.72 bits per heavy atom. The number of benzene rings is 2. The molecule has 0 fully saturated rings. The van der Waals surface area contributed by atoms with Gasteiger partial charge in [0.05, 0.1) is 23.3 Å². The lowest BCUT2D eigenvalue weighted by Gasteiger charge is -2.12. The van der Waals surface area contributed by atoms with Crippen LogP contribution in [0, 0.1) is 0 Å². The van der Waals surface area contributed by atoms with Crippen LogP contribution in [0.5, 0.6) is 11.6 Å². The van der Waals surface area contributed by atoms with Gasteiger partial charge in [0, 0.05) is 28.5 Å². The molecular formula is C22H19Br2N3O2. The van der Waals surface area contributed by atoms with E-state index < -0.39 is 0 Å². The number of nitrogens with zero attached hydrogens (tertiary/aromatic N) is 3. The van der Waals surface area contributed by atoms with Crippen LogP contribution in [0.3, 0.4) is 0 Å². The van der Waals surface area contributed by atoms with E-state index in [9.17, 15) is 0 Å². The summed E-state index contributed by atoms with van der Waals surface area (Å²) in [5.74, 6) is 1.52. The minimum absolute atomic E-state index is 0.467. The quantitative estimate of drug-likeness (QED) is 0.297. The molecule has 0 atom stereocenters. The average molecular weight is 517 g/mol. The maximum Gasteiger partial charge on any atom is 0.212 e. The Kier molecular flexibility index (Phi) is 6.16. The third kappa shape index (κ3) is 4.46. The highest BCUT2D eigenvalue weighted by molar-refractivity contribution is 9.11. The molecule has 148 valence electrons. The molecule has 2 aromatic carbocycles. The fraction of sp³-hybridized carbons (Fsp3) is 0.182. The fourth-order valence-corrected chi connectivity index (χ4v) is 4.06. The SMILES string of the molecule is CCOc1cc(-c2cccnc2)nn1CCOc1ccc2cc(Br)ccc2c1Br.